The molecule has 0 heterocycles. The van der Waals surface area contributed by atoms with Gasteiger partial charge in [-0.15, -0.1) is 0 Å². The highest BCUT2D eigenvalue weighted by Gasteiger charge is 2.51. The maximum absolute atomic E-state index is 10.6. The Balaban J connectivity index is 1.67. The fourth-order valence-electron chi connectivity index (χ4n) is 3.78. The summed E-state index contributed by atoms with van der Waals surface area (Å²) in [6, 6.07) is 0. The molecule has 3 rings (SSSR count). The third kappa shape index (κ3) is 2.15. The molecular formula is C17H28O2Si. The summed E-state index contributed by atoms with van der Waals surface area (Å²) in [7, 11) is -1.72. The Bertz CT molecular complexity index is 458. The summed E-state index contributed by atoms with van der Waals surface area (Å²) >= 11 is 0. The average Bonchev–Trinajstić information content (AvgIpc) is 2.98. The van der Waals surface area contributed by atoms with Crippen LogP contribution in [0.3, 0.4) is 0 Å². The second-order valence-electron chi connectivity index (χ2n) is 8.34. The van der Waals surface area contributed by atoms with E-state index >= 15 is 0 Å². The fraction of sp³-hybridized carbons (Fsp3) is 0.765. The van der Waals surface area contributed by atoms with Crippen LogP contribution in [-0.2, 0) is 4.43 Å². The SMILES string of the molecule is CC(C)(C)[Si](C)(C)OCC1=C[C@@H]2[C@@H]([C@@H]3C=C[C@H]2C3)[C@H]1O. The van der Waals surface area contributed by atoms with Crippen LogP contribution in [0.4, 0.5) is 0 Å². The lowest BCUT2D eigenvalue weighted by Crippen LogP contribution is -2.41. The van der Waals surface area contributed by atoms with Crippen molar-refractivity contribution in [2.45, 2.75) is 51.4 Å². The van der Waals surface area contributed by atoms with E-state index < -0.39 is 8.32 Å². The molecule has 3 heteroatoms. The summed E-state index contributed by atoms with van der Waals surface area (Å²) in [6.45, 7) is 12.0. The lowest BCUT2D eigenvalue weighted by Gasteiger charge is -2.36. The highest BCUT2D eigenvalue weighted by atomic mass is 28.4. The molecule has 1 fully saturated rings. The number of fused-ring (bicyclic) bond motifs is 5. The van der Waals surface area contributed by atoms with Gasteiger partial charge in [-0.25, -0.2) is 0 Å². The summed E-state index contributed by atoms with van der Waals surface area (Å²) in [5, 5.41) is 10.8. The number of allylic oxidation sites excluding steroid dienone is 3. The van der Waals surface area contributed by atoms with Gasteiger partial charge < -0.3 is 9.53 Å². The van der Waals surface area contributed by atoms with Crippen molar-refractivity contribution in [1.82, 2.24) is 0 Å². The maximum Gasteiger partial charge on any atom is 0.192 e. The molecule has 0 unspecified atom stereocenters. The van der Waals surface area contributed by atoms with Gasteiger partial charge in [0.05, 0.1) is 12.7 Å². The zero-order valence-corrected chi connectivity index (χ0v) is 14.4. The highest BCUT2D eigenvalue weighted by molar-refractivity contribution is 6.74. The van der Waals surface area contributed by atoms with Gasteiger partial charge in [-0.3, -0.25) is 0 Å². The van der Waals surface area contributed by atoms with Gasteiger partial charge in [0.15, 0.2) is 8.32 Å². The van der Waals surface area contributed by atoms with E-state index in [-0.39, 0.29) is 11.1 Å². The molecule has 1 saturated carbocycles. The van der Waals surface area contributed by atoms with Crippen molar-refractivity contribution in [3.05, 3.63) is 23.8 Å². The van der Waals surface area contributed by atoms with Crippen LogP contribution < -0.4 is 0 Å². The summed E-state index contributed by atoms with van der Waals surface area (Å²) < 4.78 is 6.29. The number of aliphatic hydroxyl groups is 1. The number of hydrogen-bond acceptors (Lipinski definition) is 2. The molecule has 2 nitrogen and oxygen atoms in total. The summed E-state index contributed by atoms with van der Waals surface area (Å²) in [5.41, 5.74) is 1.14. The van der Waals surface area contributed by atoms with Crippen LogP contribution in [0.25, 0.3) is 0 Å². The topological polar surface area (TPSA) is 29.5 Å². The average molecular weight is 292 g/mol. The second-order valence-corrected chi connectivity index (χ2v) is 13.1. The van der Waals surface area contributed by atoms with Gasteiger partial charge in [-0.2, -0.15) is 0 Å². The predicted octanol–water partition coefficient (Wildman–Crippen LogP) is 3.75. The van der Waals surface area contributed by atoms with Crippen molar-refractivity contribution in [3.8, 4) is 0 Å². The fourth-order valence-corrected chi connectivity index (χ4v) is 4.75. The van der Waals surface area contributed by atoms with Gasteiger partial charge in [0.1, 0.15) is 0 Å². The van der Waals surface area contributed by atoms with E-state index in [9.17, 15) is 5.11 Å². The van der Waals surface area contributed by atoms with Crippen molar-refractivity contribution in [3.63, 3.8) is 0 Å². The van der Waals surface area contributed by atoms with E-state index in [1.165, 1.54) is 6.42 Å². The van der Waals surface area contributed by atoms with E-state index in [4.69, 9.17) is 4.43 Å². The molecule has 3 aliphatic carbocycles. The first-order valence-corrected chi connectivity index (χ1v) is 10.8. The molecule has 0 spiro atoms. The Morgan fingerprint density at radius 2 is 1.90 bits per heavy atom. The normalized spacial score (nSPS) is 39.3. The first-order chi connectivity index (χ1) is 9.21. The van der Waals surface area contributed by atoms with Gasteiger partial charge in [-0.05, 0) is 47.9 Å². The lowest BCUT2D eigenvalue weighted by atomic mass is 9.84. The quantitative estimate of drug-likeness (QED) is 0.634. The van der Waals surface area contributed by atoms with Gasteiger partial charge in [0.25, 0.3) is 0 Å². The summed E-state index contributed by atoms with van der Waals surface area (Å²) in [6.07, 6.45) is 7.98. The molecule has 0 aromatic heterocycles. The standard InChI is InChI=1S/C17H28O2Si/c1-17(2,3)20(4,5)19-10-13-9-14-11-6-7-12(8-11)15(14)16(13)18/h6-7,9,11-12,14-16,18H,8,10H2,1-5H3/t11-,12+,14-,15+,16-/m0/s1. The van der Waals surface area contributed by atoms with E-state index in [0.29, 0.717) is 30.3 Å². The largest absolute Gasteiger partial charge is 0.413 e. The first-order valence-electron chi connectivity index (χ1n) is 7.92. The molecular weight excluding hydrogens is 264 g/mol. The van der Waals surface area contributed by atoms with Gasteiger partial charge >= 0.3 is 0 Å². The van der Waals surface area contributed by atoms with Crippen LogP contribution in [-0.4, -0.2) is 26.1 Å². The molecule has 5 atom stereocenters. The first kappa shape index (κ1) is 14.5. The molecule has 0 aromatic carbocycles. The number of hydrogen-bond donors (Lipinski definition) is 1. The molecule has 0 radical (unpaired) electrons. The molecule has 20 heavy (non-hydrogen) atoms. The lowest BCUT2D eigenvalue weighted by molar-refractivity contribution is 0.114. The highest BCUT2D eigenvalue weighted by Crippen LogP contribution is 2.54. The zero-order chi connectivity index (χ0) is 14.7. The van der Waals surface area contributed by atoms with Gasteiger partial charge in [0.2, 0.25) is 0 Å². The number of rotatable bonds is 3. The molecule has 0 aliphatic heterocycles. The van der Waals surface area contributed by atoms with Gasteiger partial charge in [-0.1, -0.05) is 39.0 Å². The Morgan fingerprint density at radius 3 is 2.50 bits per heavy atom. The van der Waals surface area contributed by atoms with E-state index in [1.807, 2.05) is 0 Å². The maximum atomic E-state index is 10.6. The van der Waals surface area contributed by atoms with Crippen molar-refractivity contribution in [2.24, 2.45) is 23.7 Å². The van der Waals surface area contributed by atoms with Crippen LogP contribution in [0.15, 0.2) is 23.8 Å². The zero-order valence-electron chi connectivity index (χ0n) is 13.4. The minimum Gasteiger partial charge on any atom is -0.413 e. The molecule has 0 aromatic rings. The molecule has 1 N–H and O–H groups in total. The Kier molecular flexibility index (Phi) is 3.31. The smallest absolute Gasteiger partial charge is 0.192 e. The van der Waals surface area contributed by atoms with Crippen LogP contribution >= 0.6 is 0 Å². The van der Waals surface area contributed by atoms with Crippen LogP contribution in [0, 0.1) is 23.7 Å². The van der Waals surface area contributed by atoms with Crippen LogP contribution in [0.1, 0.15) is 27.2 Å². The van der Waals surface area contributed by atoms with Crippen molar-refractivity contribution in [1.29, 1.82) is 0 Å². The summed E-state index contributed by atoms with van der Waals surface area (Å²) in [5.74, 6) is 2.27. The van der Waals surface area contributed by atoms with Crippen molar-refractivity contribution < 1.29 is 9.53 Å². The Morgan fingerprint density at radius 1 is 1.25 bits per heavy atom. The van der Waals surface area contributed by atoms with Crippen molar-refractivity contribution >= 4 is 8.32 Å². The minimum absolute atomic E-state index is 0.230. The van der Waals surface area contributed by atoms with E-state index in [2.05, 4.69) is 52.1 Å². The molecule has 112 valence electrons. The minimum atomic E-state index is -1.72. The summed E-state index contributed by atoms with van der Waals surface area (Å²) in [4.78, 5) is 0. The molecule has 0 saturated heterocycles. The molecule has 3 aliphatic rings. The third-order valence-corrected chi connectivity index (χ3v) is 10.6. The van der Waals surface area contributed by atoms with E-state index in [1.54, 1.807) is 0 Å². The predicted molar refractivity (Wildman–Crippen MR) is 85.0 cm³/mol. The monoisotopic (exact) mass is 292 g/mol. The number of aliphatic hydroxyl groups excluding tert-OH is 1. The molecule has 0 amide bonds. The molecule has 2 bridgehead atoms. The van der Waals surface area contributed by atoms with Crippen LogP contribution in [0.2, 0.25) is 18.1 Å². The Hall–Kier alpha value is -0.383. The van der Waals surface area contributed by atoms with E-state index in [0.717, 1.165) is 5.57 Å². The van der Waals surface area contributed by atoms with Crippen molar-refractivity contribution in [2.75, 3.05) is 6.61 Å². The van der Waals surface area contributed by atoms with Gasteiger partial charge in [0, 0.05) is 5.92 Å². The Labute approximate surface area is 124 Å². The third-order valence-electron chi connectivity index (χ3n) is 6.14. The van der Waals surface area contributed by atoms with Crippen LogP contribution in [0.5, 0.6) is 0 Å². The second kappa shape index (κ2) is 4.55.